The maximum atomic E-state index is 11.1. The van der Waals surface area contributed by atoms with Crippen molar-refractivity contribution in [3.63, 3.8) is 0 Å². The van der Waals surface area contributed by atoms with Gasteiger partial charge in [-0.3, -0.25) is 0 Å². The molecule has 0 saturated carbocycles. The van der Waals surface area contributed by atoms with Gasteiger partial charge in [-0.25, -0.2) is 4.79 Å². The van der Waals surface area contributed by atoms with Gasteiger partial charge in [0.2, 0.25) is 0 Å². The fourth-order valence-corrected chi connectivity index (χ4v) is 1.22. The highest BCUT2D eigenvalue weighted by molar-refractivity contribution is 5.94. The van der Waals surface area contributed by atoms with Gasteiger partial charge in [-0.2, -0.15) is 5.10 Å². The van der Waals surface area contributed by atoms with Crippen molar-refractivity contribution in [2.24, 2.45) is 0 Å². The predicted octanol–water partition coefficient (Wildman–Crippen LogP) is 1.23. The standard InChI is InChI=1S/C11H13N3O2/c1-5-6(2)12-10-9(11(15)16)7(3)8(4)13-14-10/h1,6H,2-4H3,(H,12,14)(H,15,16). The number of carbonyl (C=O) groups is 1. The number of anilines is 1. The van der Waals surface area contributed by atoms with Gasteiger partial charge in [0, 0.05) is 0 Å². The Balaban J connectivity index is 3.25. The van der Waals surface area contributed by atoms with Crippen molar-refractivity contribution >= 4 is 11.8 Å². The second kappa shape index (κ2) is 4.62. The molecule has 1 rings (SSSR count). The van der Waals surface area contributed by atoms with E-state index in [1.807, 2.05) is 0 Å². The van der Waals surface area contributed by atoms with E-state index < -0.39 is 5.97 Å². The summed E-state index contributed by atoms with van der Waals surface area (Å²) in [6, 6.07) is -0.297. The lowest BCUT2D eigenvalue weighted by Crippen LogP contribution is -2.18. The van der Waals surface area contributed by atoms with Crippen molar-refractivity contribution in [1.82, 2.24) is 10.2 Å². The van der Waals surface area contributed by atoms with E-state index in [4.69, 9.17) is 11.5 Å². The molecule has 0 fully saturated rings. The summed E-state index contributed by atoms with van der Waals surface area (Å²) < 4.78 is 0. The SMILES string of the molecule is C#CC(C)Nc1nnc(C)c(C)c1C(=O)O. The van der Waals surface area contributed by atoms with Gasteiger partial charge in [0.05, 0.1) is 11.7 Å². The van der Waals surface area contributed by atoms with Crippen molar-refractivity contribution in [1.29, 1.82) is 0 Å². The molecule has 0 spiro atoms. The minimum Gasteiger partial charge on any atom is -0.478 e. The first-order valence-electron chi connectivity index (χ1n) is 4.77. The third-order valence-corrected chi connectivity index (χ3v) is 2.27. The van der Waals surface area contributed by atoms with Crippen LogP contribution in [0.1, 0.15) is 28.5 Å². The lowest BCUT2D eigenvalue weighted by molar-refractivity contribution is 0.0696. The Morgan fingerprint density at radius 2 is 2.12 bits per heavy atom. The van der Waals surface area contributed by atoms with E-state index in [2.05, 4.69) is 21.4 Å². The molecule has 1 unspecified atom stereocenters. The zero-order valence-electron chi connectivity index (χ0n) is 9.40. The Morgan fingerprint density at radius 1 is 1.50 bits per heavy atom. The lowest BCUT2D eigenvalue weighted by Gasteiger charge is -2.12. The maximum absolute atomic E-state index is 11.1. The van der Waals surface area contributed by atoms with Crippen LogP contribution in [0.3, 0.4) is 0 Å². The molecule has 0 bridgehead atoms. The number of aromatic nitrogens is 2. The number of carboxylic acid groups (broad SMARTS) is 1. The second-order valence-corrected chi connectivity index (χ2v) is 3.47. The summed E-state index contributed by atoms with van der Waals surface area (Å²) in [6.45, 7) is 5.14. The first kappa shape index (κ1) is 12.0. The predicted molar refractivity (Wildman–Crippen MR) is 60.4 cm³/mol. The van der Waals surface area contributed by atoms with Crippen molar-refractivity contribution < 1.29 is 9.90 Å². The van der Waals surface area contributed by atoms with E-state index in [0.29, 0.717) is 11.3 Å². The Morgan fingerprint density at radius 3 is 2.62 bits per heavy atom. The number of hydrogen-bond donors (Lipinski definition) is 2. The van der Waals surface area contributed by atoms with Gasteiger partial charge in [-0.05, 0) is 26.3 Å². The summed E-state index contributed by atoms with van der Waals surface area (Å²) in [5.74, 6) is 1.61. The Labute approximate surface area is 93.9 Å². The molecule has 1 aromatic rings. The monoisotopic (exact) mass is 219 g/mol. The molecule has 5 heteroatoms. The van der Waals surface area contributed by atoms with Crippen molar-refractivity contribution in [3.8, 4) is 12.3 Å². The summed E-state index contributed by atoms with van der Waals surface area (Å²) in [6.07, 6.45) is 5.21. The number of nitrogens with one attached hydrogen (secondary N) is 1. The van der Waals surface area contributed by atoms with Gasteiger partial charge >= 0.3 is 5.97 Å². The molecule has 0 amide bonds. The molecule has 0 aliphatic heterocycles. The number of aryl methyl sites for hydroxylation is 1. The molecule has 2 N–H and O–H groups in total. The normalized spacial score (nSPS) is 11.6. The molecule has 0 aliphatic rings. The van der Waals surface area contributed by atoms with Crippen LogP contribution in [0.25, 0.3) is 0 Å². The molecule has 5 nitrogen and oxygen atoms in total. The quantitative estimate of drug-likeness (QED) is 0.748. The second-order valence-electron chi connectivity index (χ2n) is 3.47. The number of aromatic carboxylic acids is 1. The summed E-state index contributed by atoms with van der Waals surface area (Å²) >= 11 is 0. The van der Waals surface area contributed by atoms with Crippen LogP contribution in [0.5, 0.6) is 0 Å². The van der Waals surface area contributed by atoms with E-state index in [1.165, 1.54) is 0 Å². The summed E-state index contributed by atoms with van der Waals surface area (Å²) in [5, 5.41) is 19.6. The van der Waals surface area contributed by atoms with E-state index in [-0.39, 0.29) is 17.4 Å². The molecular formula is C11H13N3O2. The topological polar surface area (TPSA) is 75.1 Å². The number of rotatable bonds is 3. The van der Waals surface area contributed by atoms with Crippen LogP contribution in [-0.2, 0) is 0 Å². The number of carboxylic acids is 1. The van der Waals surface area contributed by atoms with Crippen LogP contribution < -0.4 is 5.32 Å². The first-order chi connectivity index (χ1) is 7.47. The highest BCUT2D eigenvalue weighted by Gasteiger charge is 2.18. The summed E-state index contributed by atoms with van der Waals surface area (Å²) in [5.41, 5.74) is 1.31. The van der Waals surface area contributed by atoms with Crippen LogP contribution in [0, 0.1) is 26.2 Å². The average molecular weight is 219 g/mol. The van der Waals surface area contributed by atoms with E-state index in [9.17, 15) is 4.79 Å². The molecule has 1 aromatic heterocycles. The molecule has 84 valence electrons. The molecule has 1 atom stereocenters. The third kappa shape index (κ3) is 2.28. The first-order valence-corrected chi connectivity index (χ1v) is 4.77. The van der Waals surface area contributed by atoms with Crippen LogP contribution in [0.15, 0.2) is 0 Å². The minimum atomic E-state index is -1.04. The van der Waals surface area contributed by atoms with Crippen LogP contribution in [-0.4, -0.2) is 27.3 Å². The lowest BCUT2D eigenvalue weighted by atomic mass is 10.1. The third-order valence-electron chi connectivity index (χ3n) is 2.27. The maximum Gasteiger partial charge on any atom is 0.339 e. The number of hydrogen-bond acceptors (Lipinski definition) is 4. The fourth-order valence-electron chi connectivity index (χ4n) is 1.22. The van der Waals surface area contributed by atoms with Crippen molar-refractivity contribution in [3.05, 3.63) is 16.8 Å². The Hall–Kier alpha value is -2.09. The largest absolute Gasteiger partial charge is 0.478 e. The van der Waals surface area contributed by atoms with Gasteiger partial charge in [-0.1, -0.05) is 5.92 Å². The zero-order valence-corrected chi connectivity index (χ0v) is 9.40. The molecule has 0 aliphatic carbocycles. The van der Waals surface area contributed by atoms with Gasteiger partial charge in [0.25, 0.3) is 0 Å². The molecule has 0 radical (unpaired) electrons. The molecule has 0 saturated heterocycles. The Kier molecular flexibility index (Phi) is 3.46. The Bertz CT molecular complexity index is 463. The molecular weight excluding hydrogens is 206 g/mol. The summed E-state index contributed by atoms with van der Waals surface area (Å²) in [7, 11) is 0. The highest BCUT2D eigenvalue weighted by atomic mass is 16.4. The van der Waals surface area contributed by atoms with Crippen molar-refractivity contribution in [2.75, 3.05) is 5.32 Å². The van der Waals surface area contributed by atoms with Crippen LogP contribution >= 0.6 is 0 Å². The number of terminal acetylenes is 1. The van der Waals surface area contributed by atoms with Gasteiger partial charge in [0.1, 0.15) is 5.56 Å². The molecule has 0 aromatic carbocycles. The van der Waals surface area contributed by atoms with Gasteiger partial charge in [-0.15, -0.1) is 11.5 Å². The smallest absolute Gasteiger partial charge is 0.339 e. The minimum absolute atomic E-state index is 0.120. The van der Waals surface area contributed by atoms with E-state index in [1.54, 1.807) is 20.8 Å². The van der Waals surface area contributed by atoms with E-state index >= 15 is 0 Å². The van der Waals surface area contributed by atoms with Crippen molar-refractivity contribution in [2.45, 2.75) is 26.8 Å². The number of nitrogens with zero attached hydrogens (tertiary/aromatic N) is 2. The van der Waals surface area contributed by atoms with E-state index in [0.717, 1.165) is 0 Å². The zero-order chi connectivity index (χ0) is 12.3. The van der Waals surface area contributed by atoms with Gasteiger partial charge in [0.15, 0.2) is 5.82 Å². The molecule has 1 heterocycles. The molecule has 16 heavy (non-hydrogen) atoms. The van der Waals surface area contributed by atoms with Gasteiger partial charge < -0.3 is 10.4 Å². The van der Waals surface area contributed by atoms with Crippen LogP contribution in [0.4, 0.5) is 5.82 Å². The highest BCUT2D eigenvalue weighted by Crippen LogP contribution is 2.18. The fraction of sp³-hybridized carbons (Fsp3) is 0.364. The van der Waals surface area contributed by atoms with Crippen LogP contribution in [0.2, 0.25) is 0 Å². The summed E-state index contributed by atoms with van der Waals surface area (Å²) in [4.78, 5) is 11.1. The average Bonchev–Trinajstić information content (AvgIpc) is 2.23.